The predicted octanol–water partition coefficient (Wildman–Crippen LogP) is 4.92. The molecule has 4 rings (SSSR count). The summed E-state index contributed by atoms with van der Waals surface area (Å²) < 4.78 is 28.9. The van der Waals surface area contributed by atoms with Crippen LogP contribution in [0, 0.1) is 6.92 Å². The van der Waals surface area contributed by atoms with Gasteiger partial charge in [0.1, 0.15) is 0 Å². The lowest BCUT2D eigenvalue weighted by Gasteiger charge is -2.23. The molecule has 0 spiro atoms. The minimum atomic E-state index is -3.71. The molecule has 6 nitrogen and oxygen atoms in total. The molecule has 1 aliphatic carbocycles. The summed E-state index contributed by atoms with van der Waals surface area (Å²) >= 11 is 0. The first kappa shape index (κ1) is 22.2. The van der Waals surface area contributed by atoms with Crippen LogP contribution in [0.25, 0.3) is 11.1 Å². The van der Waals surface area contributed by atoms with Crippen LogP contribution in [0.5, 0.6) is 0 Å². The number of rotatable bonds is 6. The number of nitrogens with one attached hydrogen (secondary N) is 2. The van der Waals surface area contributed by atoms with Crippen LogP contribution in [-0.2, 0) is 10.0 Å². The normalized spacial score (nSPS) is 14.8. The van der Waals surface area contributed by atoms with Crippen molar-refractivity contribution >= 4 is 21.6 Å². The number of carbonyl (C=O) groups is 1. The molecule has 0 atom stereocenters. The number of anilines is 1. The number of para-hydroxylation sites is 1. The quantitative estimate of drug-likeness (QED) is 0.559. The van der Waals surface area contributed by atoms with Gasteiger partial charge in [-0.15, -0.1) is 0 Å². The maximum atomic E-state index is 13.0. The Balaban J connectivity index is 1.58. The van der Waals surface area contributed by atoms with Crippen molar-refractivity contribution in [1.82, 2.24) is 9.71 Å². The van der Waals surface area contributed by atoms with Crippen LogP contribution in [0.4, 0.5) is 5.69 Å². The maximum absolute atomic E-state index is 13.0. The smallest absolute Gasteiger partial charge is 0.255 e. The van der Waals surface area contributed by atoms with Crippen LogP contribution in [-0.4, -0.2) is 25.4 Å². The summed E-state index contributed by atoms with van der Waals surface area (Å²) in [5.74, 6) is -0.365. The minimum Gasteiger partial charge on any atom is -0.321 e. The Labute approximate surface area is 189 Å². The average Bonchev–Trinajstić information content (AvgIpc) is 2.80. The van der Waals surface area contributed by atoms with Gasteiger partial charge in [0.05, 0.1) is 4.90 Å². The van der Waals surface area contributed by atoms with Crippen molar-refractivity contribution < 1.29 is 13.2 Å². The zero-order valence-electron chi connectivity index (χ0n) is 18.0. The summed E-state index contributed by atoms with van der Waals surface area (Å²) in [5, 5.41) is 2.92. The first-order chi connectivity index (χ1) is 15.4. The molecule has 1 saturated carbocycles. The van der Waals surface area contributed by atoms with Crippen LogP contribution < -0.4 is 10.0 Å². The fourth-order valence-electron chi connectivity index (χ4n) is 4.09. The molecule has 32 heavy (non-hydrogen) atoms. The summed E-state index contributed by atoms with van der Waals surface area (Å²) in [4.78, 5) is 17.3. The number of amides is 1. The summed E-state index contributed by atoms with van der Waals surface area (Å²) in [7, 11) is -3.71. The largest absolute Gasteiger partial charge is 0.321 e. The van der Waals surface area contributed by atoms with E-state index in [2.05, 4.69) is 15.0 Å². The lowest BCUT2D eigenvalue weighted by molar-refractivity contribution is 0.102. The van der Waals surface area contributed by atoms with Crippen molar-refractivity contribution in [3.05, 3.63) is 78.1 Å². The van der Waals surface area contributed by atoms with E-state index in [-0.39, 0.29) is 16.8 Å². The summed E-state index contributed by atoms with van der Waals surface area (Å²) in [6.45, 7) is 1.74. The van der Waals surface area contributed by atoms with Crippen molar-refractivity contribution in [3.8, 4) is 11.1 Å². The maximum Gasteiger partial charge on any atom is 0.255 e. The number of benzene rings is 2. The van der Waals surface area contributed by atoms with E-state index < -0.39 is 10.0 Å². The third kappa shape index (κ3) is 5.06. The fraction of sp³-hybridized carbons (Fsp3) is 0.280. The molecule has 0 bridgehead atoms. The SMILES string of the molecule is Cc1ccc(C(=O)Nc2ccccc2-c2cccnc2)cc1S(=O)(=O)NC1CCCCC1. The molecule has 1 fully saturated rings. The molecule has 3 aromatic rings. The molecule has 1 amide bonds. The van der Waals surface area contributed by atoms with Gasteiger partial charge in [0.2, 0.25) is 10.0 Å². The van der Waals surface area contributed by atoms with E-state index in [1.807, 2.05) is 36.4 Å². The molecule has 166 valence electrons. The van der Waals surface area contributed by atoms with E-state index in [0.717, 1.165) is 43.2 Å². The second kappa shape index (κ2) is 9.63. The average molecular weight is 450 g/mol. The number of hydrogen-bond donors (Lipinski definition) is 2. The zero-order valence-corrected chi connectivity index (χ0v) is 18.9. The topological polar surface area (TPSA) is 88.2 Å². The summed E-state index contributed by atoms with van der Waals surface area (Å²) in [5.41, 5.74) is 3.26. The van der Waals surface area contributed by atoms with Crippen LogP contribution in [0.2, 0.25) is 0 Å². The number of carbonyl (C=O) groups excluding carboxylic acids is 1. The molecule has 7 heteroatoms. The lowest BCUT2D eigenvalue weighted by Crippen LogP contribution is -2.36. The monoisotopic (exact) mass is 449 g/mol. The Bertz CT molecular complexity index is 1200. The molecule has 0 aliphatic heterocycles. The Morgan fingerprint density at radius 2 is 1.78 bits per heavy atom. The summed E-state index contributed by atoms with van der Waals surface area (Å²) in [6, 6.07) is 16.0. The van der Waals surface area contributed by atoms with Crippen molar-refractivity contribution in [2.24, 2.45) is 0 Å². The molecule has 0 radical (unpaired) electrons. The number of pyridine rings is 1. The molecule has 0 saturated heterocycles. The molecule has 1 heterocycles. The highest BCUT2D eigenvalue weighted by Crippen LogP contribution is 2.28. The number of aryl methyl sites for hydroxylation is 1. The van der Waals surface area contributed by atoms with Crippen molar-refractivity contribution in [2.75, 3.05) is 5.32 Å². The Morgan fingerprint density at radius 3 is 2.53 bits per heavy atom. The Morgan fingerprint density at radius 1 is 1.00 bits per heavy atom. The first-order valence-electron chi connectivity index (χ1n) is 10.9. The van der Waals surface area contributed by atoms with Crippen LogP contribution in [0.3, 0.4) is 0 Å². The fourth-order valence-corrected chi connectivity index (χ4v) is 5.67. The van der Waals surface area contributed by atoms with Gasteiger partial charge in [0.15, 0.2) is 0 Å². The van der Waals surface area contributed by atoms with Gasteiger partial charge >= 0.3 is 0 Å². The molecule has 2 aromatic carbocycles. The van der Waals surface area contributed by atoms with Crippen LogP contribution in [0.1, 0.15) is 48.0 Å². The first-order valence-corrected chi connectivity index (χ1v) is 12.4. The van der Waals surface area contributed by atoms with Gasteiger partial charge in [-0.3, -0.25) is 9.78 Å². The van der Waals surface area contributed by atoms with E-state index in [0.29, 0.717) is 16.8 Å². The standard InChI is InChI=1S/C25H27N3O3S/c1-18-13-14-19(16-24(18)32(30,31)28-21-9-3-2-4-10-21)25(29)27-23-12-6-5-11-22(23)20-8-7-15-26-17-20/h5-8,11-17,21,28H,2-4,9-10H2,1H3,(H,27,29). The van der Waals surface area contributed by atoms with Gasteiger partial charge in [-0.2, -0.15) is 0 Å². The molecule has 2 N–H and O–H groups in total. The summed E-state index contributed by atoms with van der Waals surface area (Å²) in [6.07, 6.45) is 8.34. The highest BCUT2D eigenvalue weighted by molar-refractivity contribution is 7.89. The van der Waals surface area contributed by atoms with E-state index in [4.69, 9.17) is 0 Å². The minimum absolute atomic E-state index is 0.0445. The molecular formula is C25H27N3O3S. The number of hydrogen-bond acceptors (Lipinski definition) is 4. The third-order valence-corrected chi connectivity index (χ3v) is 7.48. The Kier molecular flexibility index (Phi) is 6.67. The van der Waals surface area contributed by atoms with Gasteiger partial charge in [-0.1, -0.05) is 49.6 Å². The van der Waals surface area contributed by atoms with Gasteiger partial charge in [0.25, 0.3) is 5.91 Å². The second-order valence-electron chi connectivity index (χ2n) is 8.18. The Hall–Kier alpha value is -3.03. The van der Waals surface area contributed by atoms with Gasteiger partial charge in [0, 0.05) is 40.8 Å². The number of sulfonamides is 1. The van der Waals surface area contributed by atoms with E-state index in [1.165, 1.54) is 6.07 Å². The molecule has 1 aromatic heterocycles. The highest BCUT2D eigenvalue weighted by Gasteiger charge is 2.24. The van der Waals surface area contributed by atoms with Gasteiger partial charge in [-0.05, 0) is 49.6 Å². The molecule has 1 aliphatic rings. The zero-order chi connectivity index (χ0) is 22.6. The third-order valence-electron chi connectivity index (χ3n) is 5.81. The van der Waals surface area contributed by atoms with Crippen molar-refractivity contribution in [3.63, 3.8) is 0 Å². The van der Waals surface area contributed by atoms with Crippen molar-refractivity contribution in [2.45, 2.75) is 50.0 Å². The lowest BCUT2D eigenvalue weighted by atomic mass is 9.96. The van der Waals surface area contributed by atoms with E-state index in [9.17, 15) is 13.2 Å². The molecular weight excluding hydrogens is 422 g/mol. The van der Waals surface area contributed by atoms with Gasteiger partial charge in [-0.25, -0.2) is 13.1 Å². The number of nitrogens with zero attached hydrogens (tertiary/aromatic N) is 1. The van der Waals surface area contributed by atoms with E-state index >= 15 is 0 Å². The predicted molar refractivity (Wildman–Crippen MR) is 126 cm³/mol. The van der Waals surface area contributed by atoms with E-state index in [1.54, 1.807) is 31.5 Å². The second-order valence-corrected chi connectivity index (χ2v) is 9.86. The van der Waals surface area contributed by atoms with Gasteiger partial charge < -0.3 is 5.32 Å². The molecule has 0 unspecified atom stereocenters. The van der Waals surface area contributed by atoms with Crippen LogP contribution in [0.15, 0.2) is 71.9 Å². The number of aromatic nitrogens is 1. The van der Waals surface area contributed by atoms with Crippen LogP contribution >= 0.6 is 0 Å². The van der Waals surface area contributed by atoms with Crippen molar-refractivity contribution in [1.29, 1.82) is 0 Å². The highest BCUT2D eigenvalue weighted by atomic mass is 32.2.